The van der Waals surface area contributed by atoms with E-state index in [1.54, 1.807) is 49.6 Å². The van der Waals surface area contributed by atoms with Crippen molar-refractivity contribution < 1.29 is 14.3 Å². The van der Waals surface area contributed by atoms with Crippen LogP contribution in [-0.4, -0.2) is 33.7 Å². The SMILES string of the molecule is CCOC(=O)c1ccc(NC(=O)c2cc(-c3ccncc3)n[nH]2)cc1. The van der Waals surface area contributed by atoms with Gasteiger partial charge in [-0.25, -0.2) is 4.79 Å². The Morgan fingerprint density at radius 3 is 2.52 bits per heavy atom. The Balaban J connectivity index is 1.68. The summed E-state index contributed by atoms with van der Waals surface area (Å²) in [6.45, 7) is 2.06. The summed E-state index contributed by atoms with van der Waals surface area (Å²) >= 11 is 0. The molecule has 2 aromatic heterocycles. The zero-order valence-electron chi connectivity index (χ0n) is 13.5. The van der Waals surface area contributed by atoms with Gasteiger partial charge in [-0.2, -0.15) is 5.10 Å². The highest BCUT2D eigenvalue weighted by Crippen LogP contribution is 2.17. The molecule has 0 unspecified atom stereocenters. The number of esters is 1. The molecule has 0 bridgehead atoms. The van der Waals surface area contributed by atoms with Gasteiger partial charge < -0.3 is 10.1 Å². The Bertz CT molecular complexity index is 873. The lowest BCUT2D eigenvalue weighted by molar-refractivity contribution is 0.0526. The summed E-state index contributed by atoms with van der Waals surface area (Å²) in [6.07, 6.45) is 3.32. The first kappa shape index (κ1) is 16.4. The number of rotatable bonds is 5. The van der Waals surface area contributed by atoms with Crippen molar-refractivity contribution in [3.63, 3.8) is 0 Å². The van der Waals surface area contributed by atoms with Crippen LogP contribution in [0.4, 0.5) is 5.69 Å². The van der Waals surface area contributed by atoms with E-state index in [1.807, 2.05) is 12.1 Å². The number of hydrogen-bond acceptors (Lipinski definition) is 5. The van der Waals surface area contributed by atoms with Gasteiger partial charge in [-0.3, -0.25) is 14.9 Å². The summed E-state index contributed by atoms with van der Waals surface area (Å²) in [5, 5.41) is 9.59. The molecule has 7 heteroatoms. The maximum Gasteiger partial charge on any atom is 0.338 e. The van der Waals surface area contributed by atoms with Gasteiger partial charge >= 0.3 is 5.97 Å². The van der Waals surface area contributed by atoms with Crippen LogP contribution in [0.15, 0.2) is 54.9 Å². The molecule has 0 radical (unpaired) electrons. The lowest BCUT2D eigenvalue weighted by Gasteiger charge is -2.05. The summed E-state index contributed by atoms with van der Waals surface area (Å²) in [7, 11) is 0. The van der Waals surface area contributed by atoms with E-state index in [1.165, 1.54) is 0 Å². The highest BCUT2D eigenvalue weighted by atomic mass is 16.5. The fourth-order valence-electron chi connectivity index (χ4n) is 2.21. The molecule has 2 heterocycles. The molecule has 0 aliphatic carbocycles. The molecule has 1 amide bonds. The molecule has 3 rings (SSSR count). The van der Waals surface area contributed by atoms with Crippen LogP contribution in [-0.2, 0) is 4.74 Å². The molecule has 2 N–H and O–H groups in total. The van der Waals surface area contributed by atoms with Crippen LogP contribution in [0.25, 0.3) is 11.3 Å². The Kier molecular flexibility index (Phi) is 4.84. The van der Waals surface area contributed by atoms with Crippen molar-refractivity contribution in [2.45, 2.75) is 6.92 Å². The third kappa shape index (κ3) is 3.89. The van der Waals surface area contributed by atoms with E-state index in [9.17, 15) is 9.59 Å². The van der Waals surface area contributed by atoms with Gasteiger partial charge in [-0.05, 0) is 49.4 Å². The highest BCUT2D eigenvalue weighted by molar-refractivity contribution is 6.03. The minimum Gasteiger partial charge on any atom is -0.462 e. The second kappa shape index (κ2) is 7.39. The largest absolute Gasteiger partial charge is 0.462 e. The van der Waals surface area contributed by atoms with E-state index >= 15 is 0 Å². The van der Waals surface area contributed by atoms with Crippen molar-refractivity contribution in [1.29, 1.82) is 0 Å². The lowest BCUT2D eigenvalue weighted by atomic mass is 10.2. The second-order valence-electron chi connectivity index (χ2n) is 5.15. The van der Waals surface area contributed by atoms with E-state index in [4.69, 9.17) is 4.74 Å². The van der Waals surface area contributed by atoms with Crippen molar-refractivity contribution in [2.24, 2.45) is 0 Å². The van der Waals surface area contributed by atoms with E-state index in [0.29, 0.717) is 29.2 Å². The molecule has 1 aromatic carbocycles. The highest BCUT2D eigenvalue weighted by Gasteiger charge is 2.12. The van der Waals surface area contributed by atoms with Crippen molar-refractivity contribution in [1.82, 2.24) is 15.2 Å². The quantitative estimate of drug-likeness (QED) is 0.698. The first-order chi connectivity index (χ1) is 12.2. The third-order valence-electron chi connectivity index (χ3n) is 3.45. The Morgan fingerprint density at radius 1 is 1.12 bits per heavy atom. The molecule has 0 saturated carbocycles. The van der Waals surface area contributed by atoms with Gasteiger partial charge in [0.05, 0.1) is 17.9 Å². The molecule has 3 aromatic rings. The number of anilines is 1. The van der Waals surface area contributed by atoms with Crippen LogP contribution in [0.2, 0.25) is 0 Å². The van der Waals surface area contributed by atoms with E-state index in [0.717, 1.165) is 5.56 Å². The summed E-state index contributed by atoms with van der Waals surface area (Å²) in [5.41, 5.74) is 2.86. The number of benzene rings is 1. The number of amides is 1. The van der Waals surface area contributed by atoms with Gasteiger partial charge in [0.15, 0.2) is 0 Å². The number of nitrogens with one attached hydrogen (secondary N) is 2. The molecule has 0 atom stereocenters. The first-order valence-corrected chi connectivity index (χ1v) is 7.71. The average molecular weight is 336 g/mol. The number of nitrogens with zero attached hydrogens (tertiary/aromatic N) is 2. The molecular weight excluding hydrogens is 320 g/mol. The summed E-state index contributed by atoms with van der Waals surface area (Å²) in [5.74, 6) is -0.715. The van der Waals surface area contributed by atoms with E-state index in [2.05, 4.69) is 20.5 Å². The predicted molar refractivity (Wildman–Crippen MR) is 92.2 cm³/mol. The van der Waals surface area contributed by atoms with Crippen LogP contribution >= 0.6 is 0 Å². The van der Waals surface area contributed by atoms with Crippen LogP contribution < -0.4 is 5.32 Å². The molecule has 0 aliphatic heterocycles. The lowest BCUT2D eigenvalue weighted by Crippen LogP contribution is -2.12. The molecule has 0 aliphatic rings. The fourth-order valence-corrected chi connectivity index (χ4v) is 2.21. The van der Waals surface area contributed by atoms with Crippen molar-refractivity contribution in [3.05, 3.63) is 66.1 Å². The van der Waals surface area contributed by atoms with Gasteiger partial charge in [0.2, 0.25) is 0 Å². The number of ether oxygens (including phenoxy) is 1. The number of carbonyl (C=O) groups excluding carboxylic acids is 2. The molecule has 0 saturated heterocycles. The van der Waals surface area contributed by atoms with Gasteiger partial charge in [0, 0.05) is 23.6 Å². The van der Waals surface area contributed by atoms with Gasteiger partial charge in [0.25, 0.3) is 5.91 Å². The van der Waals surface area contributed by atoms with Crippen LogP contribution in [0.3, 0.4) is 0 Å². The number of H-pyrrole nitrogens is 1. The number of aromatic nitrogens is 3. The molecular formula is C18H16N4O3. The van der Waals surface area contributed by atoms with Crippen LogP contribution in [0.5, 0.6) is 0 Å². The van der Waals surface area contributed by atoms with Crippen molar-refractivity contribution >= 4 is 17.6 Å². The zero-order valence-corrected chi connectivity index (χ0v) is 13.5. The number of pyridine rings is 1. The van der Waals surface area contributed by atoms with Crippen molar-refractivity contribution in [2.75, 3.05) is 11.9 Å². The van der Waals surface area contributed by atoms with Crippen LogP contribution in [0, 0.1) is 0 Å². The Hall–Kier alpha value is -3.48. The zero-order chi connectivity index (χ0) is 17.6. The van der Waals surface area contributed by atoms with Gasteiger partial charge in [-0.15, -0.1) is 0 Å². The standard InChI is InChI=1S/C18H16N4O3/c1-2-25-18(24)13-3-5-14(6-4-13)20-17(23)16-11-15(21-22-16)12-7-9-19-10-8-12/h3-11H,2H2,1H3,(H,20,23)(H,21,22). The second-order valence-corrected chi connectivity index (χ2v) is 5.15. The Morgan fingerprint density at radius 2 is 1.84 bits per heavy atom. The van der Waals surface area contributed by atoms with Crippen LogP contribution in [0.1, 0.15) is 27.8 Å². The van der Waals surface area contributed by atoms with Crippen molar-refractivity contribution in [3.8, 4) is 11.3 Å². The number of carbonyl (C=O) groups is 2. The van der Waals surface area contributed by atoms with Gasteiger partial charge in [-0.1, -0.05) is 0 Å². The molecule has 0 fully saturated rings. The third-order valence-corrected chi connectivity index (χ3v) is 3.45. The monoisotopic (exact) mass is 336 g/mol. The summed E-state index contributed by atoms with van der Waals surface area (Å²) < 4.78 is 4.92. The average Bonchev–Trinajstić information content (AvgIpc) is 3.13. The van der Waals surface area contributed by atoms with E-state index < -0.39 is 5.97 Å². The van der Waals surface area contributed by atoms with Gasteiger partial charge in [0.1, 0.15) is 5.69 Å². The molecule has 0 spiro atoms. The minimum absolute atomic E-state index is 0.316. The summed E-state index contributed by atoms with van der Waals surface area (Å²) in [6, 6.07) is 11.8. The predicted octanol–water partition coefficient (Wildman–Crippen LogP) is 2.90. The molecule has 25 heavy (non-hydrogen) atoms. The molecule has 126 valence electrons. The topological polar surface area (TPSA) is 97.0 Å². The fraction of sp³-hybridized carbons (Fsp3) is 0.111. The van der Waals surface area contributed by atoms with E-state index in [-0.39, 0.29) is 5.91 Å². The first-order valence-electron chi connectivity index (χ1n) is 7.71. The number of aromatic amines is 1. The smallest absolute Gasteiger partial charge is 0.338 e. The normalized spacial score (nSPS) is 10.3. The molecule has 7 nitrogen and oxygen atoms in total. The maximum absolute atomic E-state index is 12.3. The maximum atomic E-state index is 12.3. The number of hydrogen-bond donors (Lipinski definition) is 2. The summed E-state index contributed by atoms with van der Waals surface area (Å²) in [4.78, 5) is 27.9. The minimum atomic E-state index is -0.393. The Labute approximate surface area is 144 Å².